The van der Waals surface area contributed by atoms with Crippen LogP contribution in [0.2, 0.25) is 0 Å². The molecule has 0 spiro atoms. The molecular weight excluding hydrogens is 733 g/mol. The Balaban J connectivity index is 1.82. The molecule has 3 rings (SSSR count). The Morgan fingerprint density at radius 1 is 0.948 bits per heavy atom. The maximum absolute atomic E-state index is 14.4. The van der Waals surface area contributed by atoms with Crippen molar-refractivity contribution in [3.63, 3.8) is 0 Å². The van der Waals surface area contributed by atoms with Crippen LogP contribution < -0.4 is 5.32 Å². The number of nitrogens with zero attached hydrogens (tertiary/aromatic N) is 3. The van der Waals surface area contributed by atoms with Gasteiger partial charge in [-0.2, -0.15) is 0 Å². The Kier molecular flexibility index (Phi) is 19.6. The van der Waals surface area contributed by atoms with Crippen molar-refractivity contribution in [3.05, 3.63) is 48.2 Å². The van der Waals surface area contributed by atoms with Gasteiger partial charge in [0, 0.05) is 70.1 Å². The Hall–Kier alpha value is -3.12. The molecule has 1 aromatic rings. The molecule has 2 saturated heterocycles. The third-order valence-electron chi connectivity index (χ3n) is 13.2. The molecule has 58 heavy (non-hydrogen) atoms. The molecule has 328 valence electrons. The number of rotatable bonds is 24. The third-order valence-corrected chi connectivity index (χ3v) is 13.2. The first-order chi connectivity index (χ1) is 27.5. The highest BCUT2D eigenvalue weighted by Gasteiger charge is 2.44. The number of amides is 2. The summed E-state index contributed by atoms with van der Waals surface area (Å²) in [6.45, 7) is 22.6. The summed E-state index contributed by atoms with van der Waals surface area (Å²) in [6.07, 6.45) is 4.30. The highest BCUT2D eigenvalue weighted by Crippen LogP contribution is 2.40. The average Bonchev–Trinajstić information content (AvgIpc) is 3.69. The number of nitrogens with one attached hydrogen (secondary N) is 1. The van der Waals surface area contributed by atoms with Gasteiger partial charge in [0.05, 0.1) is 43.4 Å². The third kappa shape index (κ3) is 12.5. The number of likely N-dealkylation sites (tertiary alicyclic amines) is 1. The largest absolute Gasteiger partial charge is 0.379 e. The minimum atomic E-state index is -0.599. The number of benzene rings is 1. The fraction of sp³-hybridized carbons (Fsp3) is 0.745. The second-order valence-corrected chi connectivity index (χ2v) is 18.1. The number of allylic oxidation sites excluding steroid dienone is 1. The van der Waals surface area contributed by atoms with Crippen molar-refractivity contribution >= 4 is 23.4 Å². The van der Waals surface area contributed by atoms with Gasteiger partial charge in [0.15, 0.2) is 5.78 Å². The lowest BCUT2D eigenvalue weighted by molar-refractivity contribution is -0.167. The Bertz CT molecular complexity index is 1480. The number of carbonyl (C=O) groups excluding carboxylic acids is 4. The number of methoxy groups -OCH3 is 2. The summed E-state index contributed by atoms with van der Waals surface area (Å²) in [4.78, 5) is 66.2. The van der Waals surface area contributed by atoms with Crippen LogP contribution in [0.3, 0.4) is 0 Å². The molecule has 11 heteroatoms. The van der Waals surface area contributed by atoms with Crippen LogP contribution >= 0.6 is 0 Å². The number of ether oxygens (including phenoxy) is 2. The Morgan fingerprint density at radius 2 is 1.62 bits per heavy atom. The van der Waals surface area contributed by atoms with Gasteiger partial charge in [-0.15, -0.1) is 0 Å². The maximum Gasteiger partial charge on any atom is 0.226 e. The van der Waals surface area contributed by atoms with Gasteiger partial charge in [0.1, 0.15) is 5.78 Å². The van der Waals surface area contributed by atoms with E-state index in [0.29, 0.717) is 19.6 Å². The van der Waals surface area contributed by atoms with E-state index in [1.165, 1.54) is 0 Å². The van der Waals surface area contributed by atoms with E-state index in [-0.39, 0.29) is 72.5 Å². The fourth-order valence-corrected chi connectivity index (χ4v) is 9.39. The molecule has 0 unspecified atom stereocenters. The Labute approximate surface area is 350 Å². The topological polar surface area (TPSA) is 118 Å². The standard InChI is InChI=1S/C47H78N4O7/c1-14-33(6)44(49(11)46(55)37(31(2)3)27-39(52)43(48-10)32(4)5)41(56-12)28-42(54)50-24-20-23-38(50)45(57-13)34(7)40(53)30-47(9,29-36-21-16-15-17-22-36)35(8)51-25-18-19-26-58-51/h15-17,21-22,31-34,37-38,41,43-45,48H,8,14,18-20,23-30H2,1-7,9-13H3/t33-,34-,37-,38-,41+,43-,44-,45+,47+/m0/s1. The van der Waals surface area contributed by atoms with Gasteiger partial charge in [0.2, 0.25) is 11.8 Å². The van der Waals surface area contributed by atoms with Crippen LogP contribution in [-0.2, 0) is 39.9 Å². The molecule has 0 aromatic heterocycles. The average molecular weight is 811 g/mol. The van der Waals surface area contributed by atoms with Crippen LogP contribution in [0.1, 0.15) is 112 Å². The first-order valence-corrected chi connectivity index (χ1v) is 21.9. The van der Waals surface area contributed by atoms with Gasteiger partial charge in [-0.3, -0.25) is 29.1 Å². The van der Waals surface area contributed by atoms with Crippen molar-refractivity contribution in [3.8, 4) is 0 Å². The summed E-state index contributed by atoms with van der Waals surface area (Å²) in [5.41, 5.74) is 1.33. The summed E-state index contributed by atoms with van der Waals surface area (Å²) in [6, 6.07) is 9.17. The number of likely N-dealkylation sites (N-methyl/N-ethyl adjacent to an activating group) is 2. The quantitative estimate of drug-likeness (QED) is 0.116. The van der Waals surface area contributed by atoms with E-state index in [0.717, 1.165) is 49.9 Å². The van der Waals surface area contributed by atoms with E-state index in [2.05, 4.69) is 44.8 Å². The van der Waals surface area contributed by atoms with Crippen molar-refractivity contribution in [1.29, 1.82) is 0 Å². The van der Waals surface area contributed by atoms with Crippen molar-refractivity contribution in [2.45, 2.75) is 144 Å². The van der Waals surface area contributed by atoms with Gasteiger partial charge in [-0.05, 0) is 62.5 Å². The fourth-order valence-electron chi connectivity index (χ4n) is 9.39. The SMILES string of the molecule is C=C(N1CCCCO1)[C@@](C)(CC(=O)[C@H](C)[C@@H](OC)[C@@H]1CCCN1C(=O)C[C@@H](OC)[C@H]([C@@H](C)CC)N(C)C(=O)[C@@H](CC(=O)[C@@H](NC)C(C)C)C(C)C)Cc1ccccc1. The van der Waals surface area contributed by atoms with Crippen LogP contribution in [0, 0.1) is 35.0 Å². The number of ketones is 2. The molecule has 2 heterocycles. The van der Waals surface area contributed by atoms with E-state index >= 15 is 0 Å². The molecular formula is C47H78N4O7. The number of Topliss-reactive ketones (excluding diaryl/α,β-unsaturated/α-hetero) is 2. The summed E-state index contributed by atoms with van der Waals surface area (Å²) < 4.78 is 12.2. The minimum absolute atomic E-state index is 0.0185. The van der Waals surface area contributed by atoms with Crippen molar-refractivity contribution in [2.24, 2.45) is 35.0 Å². The molecule has 0 radical (unpaired) electrons. The van der Waals surface area contributed by atoms with E-state index in [9.17, 15) is 19.2 Å². The lowest BCUT2D eigenvalue weighted by Crippen LogP contribution is -2.54. The predicted octanol–water partition coefficient (Wildman–Crippen LogP) is 7.13. The first kappa shape index (κ1) is 49.2. The molecule has 0 aliphatic carbocycles. The molecule has 1 aromatic carbocycles. The number of hydrogen-bond donors (Lipinski definition) is 1. The second-order valence-electron chi connectivity index (χ2n) is 18.1. The lowest BCUT2D eigenvalue weighted by Gasteiger charge is -2.41. The molecule has 2 amide bonds. The maximum atomic E-state index is 14.4. The molecule has 1 N–H and O–H groups in total. The summed E-state index contributed by atoms with van der Waals surface area (Å²) in [5, 5.41) is 5.01. The van der Waals surface area contributed by atoms with Crippen LogP contribution in [0.15, 0.2) is 42.6 Å². The van der Waals surface area contributed by atoms with E-state index in [4.69, 9.17) is 14.3 Å². The zero-order chi connectivity index (χ0) is 43.3. The van der Waals surface area contributed by atoms with Crippen molar-refractivity contribution in [1.82, 2.24) is 20.2 Å². The van der Waals surface area contributed by atoms with Gasteiger partial charge in [0.25, 0.3) is 0 Å². The summed E-state index contributed by atoms with van der Waals surface area (Å²) in [7, 11) is 6.81. The molecule has 2 aliphatic rings. The van der Waals surface area contributed by atoms with Crippen LogP contribution in [0.25, 0.3) is 0 Å². The van der Waals surface area contributed by atoms with Crippen LogP contribution in [-0.4, -0.2) is 117 Å². The summed E-state index contributed by atoms with van der Waals surface area (Å²) >= 11 is 0. The van der Waals surface area contributed by atoms with Gasteiger partial charge < -0.3 is 24.6 Å². The molecule has 2 aliphatic heterocycles. The normalized spacial score (nSPS) is 20.8. The first-order valence-electron chi connectivity index (χ1n) is 21.9. The molecule has 0 bridgehead atoms. The predicted molar refractivity (Wildman–Crippen MR) is 231 cm³/mol. The molecule has 11 nitrogen and oxygen atoms in total. The molecule has 9 atom stereocenters. The van der Waals surface area contributed by atoms with Gasteiger partial charge >= 0.3 is 0 Å². The highest BCUT2D eigenvalue weighted by atomic mass is 16.7. The van der Waals surface area contributed by atoms with Crippen LogP contribution in [0.5, 0.6) is 0 Å². The van der Waals surface area contributed by atoms with E-state index in [1.54, 1.807) is 33.2 Å². The van der Waals surface area contributed by atoms with Crippen molar-refractivity contribution < 1.29 is 33.5 Å². The smallest absolute Gasteiger partial charge is 0.226 e. The van der Waals surface area contributed by atoms with Crippen molar-refractivity contribution in [2.75, 3.05) is 48.0 Å². The van der Waals surface area contributed by atoms with E-state index < -0.39 is 35.5 Å². The lowest BCUT2D eigenvalue weighted by atomic mass is 9.74. The second kappa shape index (κ2) is 23.0. The zero-order valence-electron chi connectivity index (χ0n) is 38.1. The van der Waals surface area contributed by atoms with Crippen LogP contribution in [0.4, 0.5) is 0 Å². The number of hydroxylamine groups is 2. The number of hydrogen-bond acceptors (Lipinski definition) is 9. The molecule has 0 saturated carbocycles. The highest BCUT2D eigenvalue weighted by molar-refractivity contribution is 5.90. The summed E-state index contributed by atoms with van der Waals surface area (Å²) in [5.74, 6) is -1.04. The van der Waals surface area contributed by atoms with Gasteiger partial charge in [-0.25, -0.2) is 0 Å². The monoisotopic (exact) mass is 811 g/mol. The zero-order valence-corrected chi connectivity index (χ0v) is 38.1. The van der Waals surface area contributed by atoms with Gasteiger partial charge in [-0.1, -0.05) is 98.7 Å². The molecule has 2 fully saturated rings. The Morgan fingerprint density at radius 3 is 2.16 bits per heavy atom. The van der Waals surface area contributed by atoms with E-state index in [1.807, 2.05) is 62.8 Å². The minimum Gasteiger partial charge on any atom is -0.379 e. The number of carbonyl (C=O) groups is 4.